The van der Waals surface area contributed by atoms with Crippen LogP contribution in [0.25, 0.3) is 0 Å². The quantitative estimate of drug-likeness (QED) is 0.244. The first kappa shape index (κ1) is 25.2. The topological polar surface area (TPSA) is 179 Å². The number of phenols is 1. The van der Waals surface area contributed by atoms with Crippen LogP contribution in [0.2, 0.25) is 0 Å². The van der Waals surface area contributed by atoms with Crippen LogP contribution < -0.4 is 16.4 Å². The Morgan fingerprint density at radius 2 is 1.60 bits per heavy atom. The van der Waals surface area contributed by atoms with Crippen molar-refractivity contribution in [3.63, 3.8) is 0 Å². The molecular weight excluding hydrogens is 414 g/mol. The fraction of sp³-hybridized carbons (Fsp3) is 0.474. The molecule has 0 radical (unpaired) electrons. The molecule has 10 nitrogen and oxygen atoms in total. The third-order valence-electron chi connectivity index (χ3n) is 4.24. The van der Waals surface area contributed by atoms with E-state index < -0.39 is 48.3 Å². The minimum atomic E-state index is -1.42. The number of carbonyl (C=O) groups excluding carboxylic acids is 2. The van der Waals surface area contributed by atoms with Gasteiger partial charge in [0.2, 0.25) is 11.8 Å². The molecule has 0 saturated carbocycles. The predicted molar refractivity (Wildman–Crippen MR) is 111 cm³/mol. The minimum Gasteiger partial charge on any atom is -0.508 e. The van der Waals surface area contributed by atoms with Gasteiger partial charge in [0.05, 0.1) is 6.04 Å². The molecule has 0 fully saturated rings. The van der Waals surface area contributed by atoms with Crippen molar-refractivity contribution in [3.05, 3.63) is 29.8 Å². The monoisotopic (exact) mass is 441 g/mol. The predicted octanol–water partition coefficient (Wildman–Crippen LogP) is -0.0659. The van der Waals surface area contributed by atoms with Crippen LogP contribution in [0, 0.1) is 0 Å². The molecule has 0 aromatic heterocycles. The zero-order valence-corrected chi connectivity index (χ0v) is 17.4. The molecular formula is C19H27N3O7S. The van der Waals surface area contributed by atoms with E-state index in [1.165, 1.54) is 23.9 Å². The van der Waals surface area contributed by atoms with E-state index in [2.05, 4.69) is 10.6 Å². The van der Waals surface area contributed by atoms with Crippen LogP contribution in [-0.4, -0.2) is 69.2 Å². The van der Waals surface area contributed by atoms with Crippen LogP contribution in [0.15, 0.2) is 24.3 Å². The number of nitrogens with one attached hydrogen (secondary N) is 2. The summed E-state index contributed by atoms with van der Waals surface area (Å²) < 4.78 is 0. The molecule has 0 heterocycles. The molecule has 3 atom stereocenters. The fourth-order valence-electron chi connectivity index (χ4n) is 2.53. The van der Waals surface area contributed by atoms with E-state index >= 15 is 0 Å². The molecule has 30 heavy (non-hydrogen) atoms. The minimum absolute atomic E-state index is 0.0262. The van der Waals surface area contributed by atoms with E-state index in [-0.39, 0.29) is 18.6 Å². The van der Waals surface area contributed by atoms with Crippen molar-refractivity contribution in [2.75, 3.05) is 12.0 Å². The number of hydrogen-bond acceptors (Lipinski definition) is 7. The van der Waals surface area contributed by atoms with Crippen LogP contribution in [0.4, 0.5) is 0 Å². The van der Waals surface area contributed by atoms with Gasteiger partial charge < -0.3 is 31.7 Å². The van der Waals surface area contributed by atoms with E-state index in [4.69, 9.17) is 10.8 Å². The number of aromatic hydroxyl groups is 1. The van der Waals surface area contributed by atoms with Gasteiger partial charge in [-0.05, 0) is 42.5 Å². The zero-order valence-electron chi connectivity index (χ0n) is 16.5. The second kappa shape index (κ2) is 12.7. The number of phenolic OH excluding ortho intramolecular Hbond substituents is 1. The Labute approximate surface area is 178 Å². The standard InChI is InChI=1S/C19H27N3O7S/c1-30-9-8-13(20)17(26)22-15(10-11-2-4-12(23)5-3-11)18(27)21-14(19(28)29)6-7-16(24)25/h2-5,13-15,23H,6-10,20H2,1H3,(H,21,27)(H,22,26)(H,24,25)(H,28,29). The molecule has 0 aliphatic carbocycles. The molecule has 2 amide bonds. The first-order valence-electron chi connectivity index (χ1n) is 9.21. The van der Waals surface area contributed by atoms with Crippen LogP contribution >= 0.6 is 11.8 Å². The van der Waals surface area contributed by atoms with Gasteiger partial charge >= 0.3 is 11.9 Å². The van der Waals surface area contributed by atoms with Gasteiger partial charge in [0, 0.05) is 12.8 Å². The number of thioether (sulfide) groups is 1. The maximum Gasteiger partial charge on any atom is 0.326 e. The summed E-state index contributed by atoms with van der Waals surface area (Å²) in [6.07, 6.45) is 1.56. The number of rotatable bonds is 13. The molecule has 7 N–H and O–H groups in total. The molecule has 1 aromatic rings. The second-order valence-electron chi connectivity index (χ2n) is 6.65. The summed E-state index contributed by atoms with van der Waals surface area (Å²) in [4.78, 5) is 47.2. The van der Waals surface area contributed by atoms with Crippen molar-refractivity contribution in [2.24, 2.45) is 5.73 Å². The number of carboxylic acids is 2. The van der Waals surface area contributed by atoms with E-state index in [9.17, 15) is 29.4 Å². The fourth-order valence-corrected chi connectivity index (χ4v) is 3.02. The highest BCUT2D eigenvalue weighted by molar-refractivity contribution is 7.98. The Kier molecular flexibility index (Phi) is 10.7. The average Bonchev–Trinajstić information content (AvgIpc) is 2.69. The van der Waals surface area contributed by atoms with Gasteiger partial charge in [-0.25, -0.2) is 4.79 Å². The number of hydrogen-bond donors (Lipinski definition) is 6. The lowest BCUT2D eigenvalue weighted by Gasteiger charge is -2.23. The van der Waals surface area contributed by atoms with Gasteiger partial charge in [-0.1, -0.05) is 12.1 Å². The van der Waals surface area contributed by atoms with Crippen molar-refractivity contribution >= 4 is 35.5 Å². The summed E-state index contributed by atoms with van der Waals surface area (Å²) in [6, 6.07) is 2.58. The van der Waals surface area contributed by atoms with Crippen LogP contribution in [0.5, 0.6) is 5.75 Å². The number of benzene rings is 1. The summed E-state index contributed by atoms with van der Waals surface area (Å²) in [5.74, 6) is -3.21. The lowest BCUT2D eigenvalue weighted by molar-refractivity contribution is -0.143. The molecule has 0 aliphatic rings. The summed E-state index contributed by atoms with van der Waals surface area (Å²) in [5, 5.41) is 32.2. The Balaban J connectivity index is 2.94. The highest BCUT2D eigenvalue weighted by Crippen LogP contribution is 2.12. The zero-order chi connectivity index (χ0) is 22.7. The summed E-state index contributed by atoms with van der Waals surface area (Å²) in [7, 11) is 0. The number of carboxylic acid groups (broad SMARTS) is 2. The number of nitrogens with two attached hydrogens (primary N) is 1. The Morgan fingerprint density at radius 1 is 1.00 bits per heavy atom. The molecule has 11 heteroatoms. The average molecular weight is 442 g/mol. The van der Waals surface area contributed by atoms with E-state index in [1.54, 1.807) is 12.1 Å². The molecule has 3 unspecified atom stereocenters. The summed E-state index contributed by atoms with van der Waals surface area (Å²) in [6.45, 7) is 0. The molecule has 1 aromatic carbocycles. The van der Waals surface area contributed by atoms with Gasteiger partial charge in [0.25, 0.3) is 0 Å². The van der Waals surface area contributed by atoms with E-state index in [0.29, 0.717) is 17.7 Å². The summed E-state index contributed by atoms with van der Waals surface area (Å²) in [5.41, 5.74) is 6.46. The molecule has 0 aliphatic heterocycles. The Bertz CT molecular complexity index is 742. The van der Waals surface area contributed by atoms with Crippen LogP contribution in [-0.2, 0) is 25.6 Å². The Morgan fingerprint density at radius 3 is 2.13 bits per heavy atom. The van der Waals surface area contributed by atoms with Crippen molar-refractivity contribution < 1.29 is 34.5 Å². The number of carbonyl (C=O) groups is 4. The van der Waals surface area contributed by atoms with E-state index in [1.807, 2.05) is 6.26 Å². The maximum atomic E-state index is 12.7. The normalized spacial score (nSPS) is 13.7. The highest BCUT2D eigenvalue weighted by Gasteiger charge is 2.28. The third kappa shape index (κ3) is 9.14. The first-order valence-corrected chi connectivity index (χ1v) is 10.6. The van der Waals surface area contributed by atoms with Crippen molar-refractivity contribution in [1.29, 1.82) is 0 Å². The van der Waals surface area contributed by atoms with Gasteiger partial charge in [0.1, 0.15) is 17.8 Å². The SMILES string of the molecule is CSCCC(N)C(=O)NC(Cc1ccc(O)cc1)C(=O)NC(CCC(=O)O)C(=O)O. The van der Waals surface area contributed by atoms with Crippen molar-refractivity contribution in [3.8, 4) is 5.75 Å². The highest BCUT2D eigenvalue weighted by atomic mass is 32.2. The van der Waals surface area contributed by atoms with Crippen molar-refractivity contribution in [2.45, 2.75) is 43.8 Å². The number of aliphatic carboxylic acids is 2. The maximum absolute atomic E-state index is 12.7. The lowest BCUT2D eigenvalue weighted by Crippen LogP contribution is -2.55. The lowest BCUT2D eigenvalue weighted by atomic mass is 10.0. The van der Waals surface area contributed by atoms with Crippen LogP contribution in [0.3, 0.4) is 0 Å². The molecule has 0 spiro atoms. The summed E-state index contributed by atoms with van der Waals surface area (Å²) >= 11 is 1.52. The van der Waals surface area contributed by atoms with Gasteiger partial charge in [0.15, 0.2) is 0 Å². The largest absolute Gasteiger partial charge is 0.508 e. The third-order valence-corrected chi connectivity index (χ3v) is 4.88. The van der Waals surface area contributed by atoms with Crippen molar-refractivity contribution in [1.82, 2.24) is 10.6 Å². The van der Waals surface area contributed by atoms with Gasteiger partial charge in [-0.2, -0.15) is 11.8 Å². The molecule has 0 bridgehead atoms. The molecule has 0 saturated heterocycles. The number of amides is 2. The van der Waals surface area contributed by atoms with E-state index in [0.717, 1.165) is 0 Å². The van der Waals surface area contributed by atoms with Gasteiger partial charge in [-0.3, -0.25) is 14.4 Å². The first-order chi connectivity index (χ1) is 14.1. The molecule has 1 rings (SSSR count). The van der Waals surface area contributed by atoms with Crippen LogP contribution in [0.1, 0.15) is 24.8 Å². The smallest absolute Gasteiger partial charge is 0.326 e. The molecule has 166 valence electrons. The Hall–Kier alpha value is -2.79. The second-order valence-corrected chi connectivity index (χ2v) is 7.64. The van der Waals surface area contributed by atoms with Gasteiger partial charge in [-0.15, -0.1) is 0 Å².